The molecule has 0 bridgehead atoms. The van der Waals surface area contributed by atoms with Gasteiger partial charge in [-0.15, -0.1) is 11.3 Å². The standard InChI is InChI=1S/C26H33F2N3O5S/c1-25-8-7-19(33)26(2,13-32)18(25)12-17-22(14(25)11-20(34)29-9-10-36-3)30-24(37-17)31-23(35)21-15(27)5-4-6-16(21)28/h4-6,14,18-19,32-33H,7-13H2,1-3H3,(H,29,34)(H,30,31,35). The molecule has 37 heavy (non-hydrogen) atoms. The Bertz CT molecular complexity index is 1160. The molecule has 2 amide bonds. The lowest BCUT2D eigenvalue weighted by atomic mass is 9.47. The Balaban J connectivity index is 1.70. The van der Waals surface area contributed by atoms with Crippen molar-refractivity contribution in [2.45, 2.75) is 51.6 Å². The molecule has 0 aliphatic heterocycles. The monoisotopic (exact) mass is 537 g/mol. The third-order valence-corrected chi connectivity index (χ3v) is 9.33. The average Bonchev–Trinajstić information content (AvgIpc) is 3.25. The Morgan fingerprint density at radius 2 is 1.97 bits per heavy atom. The van der Waals surface area contributed by atoms with Crippen molar-refractivity contribution >= 4 is 28.3 Å². The number of hydrogen-bond acceptors (Lipinski definition) is 7. The van der Waals surface area contributed by atoms with Crippen LogP contribution >= 0.6 is 11.3 Å². The fourth-order valence-corrected chi connectivity index (χ4v) is 7.19. The van der Waals surface area contributed by atoms with Crippen LogP contribution in [0, 0.1) is 28.4 Å². The SMILES string of the molecule is COCCNC(=O)CC1c2nc(NC(=O)c3c(F)cccc3F)sc2CC2C(C)(CO)C(O)CCC12C. The number of nitrogens with one attached hydrogen (secondary N) is 2. The molecule has 4 N–H and O–H groups in total. The van der Waals surface area contributed by atoms with Crippen molar-refractivity contribution in [3.63, 3.8) is 0 Å². The summed E-state index contributed by atoms with van der Waals surface area (Å²) < 4.78 is 33.3. The van der Waals surface area contributed by atoms with Gasteiger partial charge in [-0.1, -0.05) is 19.9 Å². The van der Waals surface area contributed by atoms with Crippen molar-refractivity contribution in [3.8, 4) is 0 Å². The zero-order chi connectivity index (χ0) is 27.0. The Morgan fingerprint density at radius 1 is 1.27 bits per heavy atom. The number of rotatable bonds is 8. The number of benzene rings is 1. The summed E-state index contributed by atoms with van der Waals surface area (Å²) in [7, 11) is 1.55. The van der Waals surface area contributed by atoms with Crippen molar-refractivity contribution in [1.82, 2.24) is 10.3 Å². The van der Waals surface area contributed by atoms with E-state index in [1.165, 1.54) is 17.4 Å². The molecular weight excluding hydrogens is 504 g/mol. The van der Waals surface area contributed by atoms with Crippen LogP contribution in [0.1, 0.15) is 60.0 Å². The predicted molar refractivity (Wildman–Crippen MR) is 134 cm³/mol. The first kappa shape index (κ1) is 27.6. The highest BCUT2D eigenvalue weighted by Gasteiger charge is 2.59. The number of amides is 2. The number of carbonyl (C=O) groups excluding carboxylic acids is 2. The quantitative estimate of drug-likeness (QED) is 0.384. The van der Waals surface area contributed by atoms with Gasteiger partial charge in [0.2, 0.25) is 5.91 Å². The molecule has 2 aliphatic carbocycles. The number of hydrogen-bond donors (Lipinski definition) is 4. The normalized spacial score (nSPS) is 28.8. The highest BCUT2D eigenvalue weighted by molar-refractivity contribution is 7.15. The van der Waals surface area contributed by atoms with E-state index >= 15 is 0 Å². The highest BCUT2D eigenvalue weighted by atomic mass is 32.1. The number of methoxy groups -OCH3 is 1. The minimum Gasteiger partial charge on any atom is -0.396 e. The van der Waals surface area contributed by atoms with E-state index in [1.807, 2.05) is 6.92 Å². The van der Waals surface area contributed by atoms with Gasteiger partial charge in [0.15, 0.2) is 5.13 Å². The number of thiazole rings is 1. The summed E-state index contributed by atoms with van der Waals surface area (Å²) >= 11 is 1.19. The van der Waals surface area contributed by atoms with Gasteiger partial charge < -0.3 is 20.3 Å². The molecule has 1 fully saturated rings. The first-order chi connectivity index (χ1) is 17.5. The fraction of sp³-hybridized carbons (Fsp3) is 0.577. The Labute approximate surface area is 218 Å². The second kappa shape index (κ2) is 10.7. The molecule has 1 saturated carbocycles. The first-order valence-electron chi connectivity index (χ1n) is 12.3. The van der Waals surface area contributed by atoms with Gasteiger partial charge in [-0.3, -0.25) is 14.9 Å². The maximum atomic E-state index is 14.2. The molecule has 1 aromatic carbocycles. The van der Waals surface area contributed by atoms with E-state index in [1.54, 1.807) is 7.11 Å². The fourth-order valence-electron chi connectivity index (χ4n) is 6.12. The number of halogens is 2. The number of nitrogens with zero attached hydrogens (tertiary/aromatic N) is 1. The lowest BCUT2D eigenvalue weighted by Crippen LogP contribution is -2.57. The molecule has 0 radical (unpaired) electrons. The third-order valence-electron chi connectivity index (χ3n) is 8.32. The number of anilines is 1. The zero-order valence-electron chi connectivity index (χ0n) is 21.1. The molecule has 5 atom stereocenters. The molecule has 11 heteroatoms. The smallest absolute Gasteiger partial charge is 0.263 e. The maximum absolute atomic E-state index is 14.2. The maximum Gasteiger partial charge on any atom is 0.263 e. The van der Waals surface area contributed by atoms with Gasteiger partial charge in [-0.2, -0.15) is 0 Å². The van der Waals surface area contributed by atoms with Crippen LogP contribution < -0.4 is 10.6 Å². The van der Waals surface area contributed by atoms with E-state index in [2.05, 4.69) is 22.5 Å². The molecule has 1 aromatic heterocycles. The van der Waals surface area contributed by atoms with Gasteiger partial charge in [-0.25, -0.2) is 13.8 Å². The van der Waals surface area contributed by atoms with Crippen LogP contribution in [0.5, 0.6) is 0 Å². The van der Waals surface area contributed by atoms with E-state index in [0.717, 1.165) is 17.0 Å². The van der Waals surface area contributed by atoms with Gasteiger partial charge in [0.25, 0.3) is 5.91 Å². The van der Waals surface area contributed by atoms with Gasteiger partial charge in [0, 0.05) is 36.3 Å². The van der Waals surface area contributed by atoms with Gasteiger partial charge in [0.05, 0.1) is 25.0 Å². The predicted octanol–water partition coefficient (Wildman–Crippen LogP) is 3.24. The van der Waals surface area contributed by atoms with Crippen LogP contribution in [0.15, 0.2) is 18.2 Å². The number of aliphatic hydroxyl groups is 2. The van der Waals surface area contributed by atoms with Crippen LogP contribution in [0.3, 0.4) is 0 Å². The number of carbonyl (C=O) groups is 2. The van der Waals surface area contributed by atoms with Crippen LogP contribution in [-0.4, -0.2) is 60.0 Å². The summed E-state index contributed by atoms with van der Waals surface area (Å²) in [6.45, 7) is 4.45. The minimum atomic E-state index is -0.976. The molecule has 2 aliphatic rings. The van der Waals surface area contributed by atoms with Crippen LogP contribution in [-0.2, 0) is 16.0 Å². The van der Waals surface area contributed by atoms with E-state index < -0.39 is 40.0 Å². The van der Waals surface area contributed by atoms with E-state index in [9.17, 15) is 28.6 Å². The van der Waals surface area contributed by atoms with Crippen LogP contribution in [0.25, 0.3) is 0 Å². The second-order valence-electron chi connectivity index (χ2n) is 10.5. The number of aliphatic hydroxyl groups excluding tert-OH is 2. The molecule has 4 rings (SSSR count). The first-order valence-corrected chi connectivity index (χ1v) is 13.2. The summed E-state index contributed by atoms with van der Waals surface area (Å²) in [5.74, 6) is -3.60. The lowest BCUT2D eigenvalue weighted by Gasteiger charge is -2.58. The molecular formula is C26H33F2N3O5S. The summed E-state index contributed by atoms with van der Waals surface area (Å²) in [6.07, 6.45) is 1.01. The van der Waals surface area contributed by atoms with E-state index in [4.69, 9.17) is 4.74 Å². The molecule has 0 saturated heterocycles. The lowest BCUT2D eigenvalue weighted by molar-refractivity contribution is -0.144. The number of aromatic nitrogens is 1. The highest BCUT2D eigenvalue weighted by Crippen LogP contribution is 2.62. The van der Waals surface area contributed by atoms with Crippen LogP contribution in [0.2, 0.25) is 0 Å². The summed E-state index contributed by atoms with van der Waals surface area (Å²) in [5, 5.41) is 26.7. The largest absolute Gasteiger partial charge is 0.396 e. The Kier molecular flexibility index (Phi) is 7.99. The molecule has 0 spiro atoms. The molecule has 2 aromatic rings. The molecule has 1 heterocycles. The van der Waals surface area contributed by atoms with Crippen molar-refractivity contribution in [2.75, 3.05) is 32.2 Å². The van der Waals surface area contributed by atoms with Gasteiger partial charge >= 0.3 is 0 Å². The topological polar surface area (TPSA) is 121 Å². The van der Waals surface area contributed by atoms with Crippen molar-refractivity contribution < 1.29 is 33.3 Å². The van der Waals surface area contributed by atoms with E-state index in [0.29, 0.717) is 38.1 Å². The van der Waals surface area contributed by atoms with E-state index in [-0.39, 0.29) is 35.9 Å². The minimum absolute atomic E-state index is 0.125. The second-order valence-corrected chi connectivity index (χ2v) is 11.5. The average molecular weight is 538 g/mol. The number of fused-ring (bicyclic) bond motifs is 2. The molecule has 202 valence electrons. The van der Waals surface area contributed by atoms with Gasteiger partial charge in [0.1, 0.15) is 17.2 Å². The Morgan fingerprint density at radius 3 is 2.62 bits per heavy atom. The zero-order valence-corrected chi connectivity index (χ0v) is 22.0. The summed E-state index contributed by atoms with van der Waals surface area (Å²) in [6, 6.07) is 3.20. The van der Waals surface area contributed by atoms with Gasteiger partial charge in [-0.05, 0) is 42.7 Å². The number of ether oxygens (including phenoxy) is 1. The summed E-state index contributed by atoms with van der Waals surface area (Å²) in [4.78, 5) is 31.1. The third kappa shape index (κ3) is 5.01. The van der Waals surface area contributed by atoms with Crippen LogP contribution in [0.4, 0.5) is 13.9 Å². The molecule has 5 unspecified atom stereocenters. The van der Waals surface area contributed by atoms with Crippen molar-refractivity contribution in [3.05, 3.63) is 46.0 Å². The summed E-state index contributed by atoms with van der Waals surface area (Å²) in [5.41, 5.74) is -1.29. The van der Waals surface area contributed by atoms with Crippen molar-refractivity contribution in [2.24, 2.45) is 16.7 Å². The Hall–Kier alpha value is -2.47. The molecule has 8 nitrogen and oxygen atoms in total. The van der Waals surface area contributed by atoms with Crippen molar-refractivity contribution in [1.29, 1.82) is 0 Å².